The number of carbonyl (C=O) groups is 1. The Hall–Kier alpha value is -2.85. The maximum Gasteiger partial charge on any atom is 0.435 e. The first-order valence-electron chi connectivity index (χ1n) is 11.4. The van der Waals surface area contributed by atoms with E-state index in [1.54, 1.807) is 6.92 Å². The van der Waals surface area contributed by atoms with Gasteiger partial charge < -0.3 is 10.2 Å². The number of rotatable bonds is 4. The Labute approximate surface area is 221 Å². The minimum absolute atomic E-state index is 0.0206. The number of hydrogen-bond acceptors (Lipinski definition) is 5. The predicted molar refractivity (Wildman–Crippen MR) is 124 cm³/mol. The highest BCUT2D eigenvalue weighted by molar-refractivity contribution is 7.16. The average molecular weight is 582 g/mol. The Morgan fingerprint density at radius 3 is 2.42 bits per heavy atom. The number of amides is 1. The van der Waals surface area contributed by atoms with Gasteiger partial charge in [-0.1, -0.05) is 16.8 Å². The second-order valence-electron chi connectivity index (χ2n) is 9.22. The van der Waals surface area contributed by atoms with Crippen molar-refractivity contribution >= 4 is 34.6 Å². The van der Waals surface area contributed by atoms with Gasteiger partial charge in [-0.15, -0.1) is 11.3 Å². The molecule has 1 saturated carbocycles. The molecule has 2 aromatic rings. The number of hydrogen-bond donors (Lipinski definition) is 1. The van der Waals surface area contributed by atoms with Gasteiger partial charge in [0.1, 0.15) is 11.5 Å². The second kappa shape index (κ2) is 10.0. The normalized spacial score (nSPS) is 23.9. The van der Waals surface area contributed by atoms with Crippen LogP contribution in [0, 0.1) is 30.0 Å². The van der Waals surface area contributed by atoms with Crippen LogP contribution in [-0.4, -0.2) is 23.8 Å². The summed E-state index contributed by atoms with van der Waals surface area (Å²) in [6, 6.07) is 3.67. The monoisotopic (exact) mass is 581 g/mol. The van der Waals surface area contributed by atoms with E-state index in [1.165, 1.54) is 6.07 Å². The molecule has 1 aromatic carbocycles. The zero-order valence-corrected chi connectivity index (χ0v) is 21.1. The number of carbonyl (C=O) groups excluding carboxylic acids is 1. The first kappa shape index (κ1) is 28.2. The summed E-state index contributed by atoms with van der Waals surface area (Å²) in [5, 5.41) is 14.2. The van der Waals surface area contributed by atoms with Crippen LogP contribution in [-0.2, 0) is 16.6 Å². The van der Waals surface area contributed by atoms with Crippen molar-refractivity contribution in [3.8, 4) is 6.07 Å². The first-order valence-corrected chi connectivity index (χ1v) is 12.6. The van der Waals surface area contributed by atoms with Gasteiger partial charge in [0.25, 0.3) is 11.5 Å². The lowest BCUT2D eigenvalue weighted by atomic mass is 9.86. The highest BCUT2D eigenvalue weighted by Crippen LogP contribution is 2.51. The van der Waals surface area contributed by atoms with E-state index in [2.05, 4.69) is 16.5 Å². The summed E-state index contributed by atoms with van der Waals surface area (Å²) in [6.07, 6.45) is -9.10. The zero-order chi connectivity index (χ0) is 28.0. The molecule has 0 spiro atoms. The lowest BCUT2D eigenvalue weighted by Crippen LogP contribution is -2.43. The molecule has 1 atom stereocenters. The van der Waals surface area contributed by atoms with E-state index in [0.717, 1.165) is 11.3 Å². The van der Waals surface area contributed by atoms with Crippen molar-refractivity contribution in [3.63, 3.8) is 0 Å². The van der Waals surface area contributed by atoms with Crippen LogP contribution >= 0.6 is 22.9 Å². The highest BCUT2D eigenvalue weighted by atomic mass is 35.5. The number of aryl methyl sites for hydroxylation is 1. The van der Waals surface area contributed by atoms with Gasteiger partial charge in [-0.25, -0.2) is 4.39 Å². The number of nitrogens with one attached hydrogen (secondary N) is 1. The number of benzene rings is 1. The standard InChI is InChI=1S/C24H19ClF7N3O2S/c1-11-6-18(38-20(11)21(36)34-14-4-2-12(10-33)3-5-14)17-9-22(37-35-17,24(30,31)32)15-7-13(23(27,28)29)8-16(25)19(15)26/h6-8,12,14H,2-5,9H2,1H3,(H,34,36)/t12?,14?,22-/m0/s1. The van der Waals surface area contributed by atoms with Crippen LogP contribution in [0.3, 0.4) is 0 Å². The molecule has 1 aromatic heterocycles. The minimum atomic E-state index is -5.37. The molecule has 14 heteroatoms. The summed E-state index contributed by atoms with van der Waals surface area (Å²) in [6.45, 7) is 1.57. The largest absolute Gasteiger partial charge is 0.435 e. The molecule has 2 aliphatic rings. The number of oxime groups is 1. The van der Waals surface area contributed by atoms with Crippen molar-refractivity contribution in [1.82, 2.24) is 5.32 Å². The molecule has 38 heavy (non-hydrogen) atoms. The molecule has 0 unspecified atom stereocenters. The molecule has 0 radical (unpaired) electrons. The number of nitrogens with zero attached hydrogens (tertiary/aromatic N) is 2. The van der Waals surface area contributed by atoms with Gasteiger partial charge in [0.05, 0.1) is 32.8 Å². The Morgan fingerprint density at radius 1 is 1.18 bits per heavy atom. The summed E-state index contributed by atoms with van der Waals surface area (Å²) in [7, 11) is 0. The van der Waals surface area contributed by atoms with Gasteiger partial charge in [-0.05, 0) is 56.4 Å². The summed E-state index contributed by atoms with van der Waals surface area (Å²) in [4.78, 5) is 17.9. The molecular formula is C24H19ClF7N3O2S. The maximum absolute atomic E-state index is 14.8. The number of alkyl halides is 6. The summed E-state index contributed by atoms with van der Waals surface area (Å²) >= 11 is 6.37. The van der Waals surface area contributed by atoms with Gasteiger partial charge in [0.2, 0.25) is 0 Å². The predicted octanol–water partition coefficient (Wildman–Crippen LogP) is 7.26. The van der Waals surface area contributed by atoms with E-state index in [-0.39, 0.29) is 39.6 Å². The van der Waals surface area contributed by atoms with Gasteiger partial charge in [-0.2, -0.15) is 31.6 Å². The molecule has 204 valence electrons. The highest BCUT2D eigenvalue weighted by Gasteiger charge is 2.64. The smallest absolute Gasteiger partial charge is 0.374 e. The fourth-order valence-corrected chi connectivity index (χ4v) is 5.80. The third-order valence-corrected chi connectivity index (χ3v) is 8.19. The SMILES string of the molecule is Cc1cc(C2=NO[C@@](c3cc(C(F)(F)F)cc(Cl)c3F)(C(F)(F)F)C2)sc1C(=O)NC1CCC(C#N)CC1. The summed E-state index contributed by atoms with van der Waals surface area (Å²) in [5.74, 6) is -2.22. The van der Waals surface area contributed by atoms with Crippen LogP contribution < -0.4 is 5.32 Å². The Bertz CT molecular complexity index is 1320. The number of thiophene rings is 1. The van der Waals surface area contributed by atoms with Crippen LogP contribution in [0.5, 0.6) is 0 Å². The number of nitriles is 1. The maximum atomic E-state index is 14.8. The van der Waals surface area contributed by atoms with Gasteiger partial charge in [0, 0.05) is 17.5 Å². The molecule has 5 nitrogen and oxygen atoms in total. The third-order valence-electron chi connectivity index (χ3n) is 6.63. The molecule has 1 amide bonds. The molecule has 1 N–H and O–H groups in total. The first-order chi connectivity index (χ1) is 17.7. The molecule has 1 aliphatic carbocycles. The zero-order valence-electron chi connectivity index (χ0n) is 19.6. The van der Waals surface area contributed by atoms with Crippen molar-refractivity contribution in [2.45, 2.75) is 63.0 Å². The summed E-state index contributed by atoms with van der Waals surface area (Å²) in [5.41, 5.74) is -6.44. The van der Waals surface area contributed by atoms with E-state index in [0.29, 0.717) is 31.2 Å². The molecule has 4 rings (SSSR count). The molecular weight excluding hydrogens is 563 g/mol. The van der Waals surface area contributed by atoms with Crippen LogP contribution in [0.4, 0.5) is 30.7 Å². The van der Waals surface area contributed by atoms with E-state index in [1.807, 2.05) is 0 Å². The van der Waals surface area contributed by atoms with Crippen molar-refractivity contribution < 1.29 is 40.4 Å². The van der Waals surface area contributed by atoms with Crippen molar-refractivity contribution in [2.24, 2.45) is 11.1 Å². The fraction of sp³-hybridized carbons (Fsp3) is 0.458. The van der Waals surface area contributed by atoms with E-state index in [4.69, 9.17) is 21.7 Å². The Balaban J connectivity index is 1.61. The lowest BCUT2D eigenvalue weighted by Gasteiger charge is -2.30. The quantitative estimate of drug-likeness (QED) is 0.386. The Kier molecular flexibility index (Phi) is 7.44. The topological polar surface area (TPSA) is 74.5 Å². The molecule has 2 heterocycles. The third kappa shape index (κ3) is 5.20. The lowest BCUT2D eigenvalue weighted by molar-refractivity contribution is -0.276. The molecule has 0 bridgehead atoms. The summed E-state index contributed by atoms with van der Waals surface area (Å²) < 4.78 is 97.5. The average Bonchev–Trinajstić information content (AvgIpc) is 3.45. The molecule has 1 aliphatic heterocycles. The minimum Gasteiger partial charge on any atom is -0.374 e. The van der Waals surface area contributed by atoms with Gasteiger partial charge in [0.15, 0.2) is 0 Å². The van der Waals surface area contributed by atoms with E-state index < -0.39 is 52.2 Å². The fourth-order valence-electron chi connectivity index (χ4n) is 4.53. The number of halogens is 8. The van der Waals surface area contributed by atoms with E-state index in [9.17, 15) is 35.5 Å². The van der Waals surface area contributed by atoms with Gasteiger partial charge >= 0.3 is 12.4 Å². The van der Waals surface area contributed by atoms with Gasteiger partial charge in [-0.3, -0.25) is 4.79 Å². The molecule has 0 saturated heterocycles. The van der Waals surface area contributed by atoms with Crippen LogP contribution in [0.2, 0.25) is 5.02 Å². The van der Waals surface area contributed by atoms with Crippen molar-refractivity contribution in [2.75, 3.05) is 0 Å². The molecule has 1 fully saturated rings. The van der Waals surface area contributed by atoms with E-state index >= 15 is 0 Å². The second-order valence-corrected chi connectivity index (χ2v) is 10.7. The van der Waals surface area contributed by atoms with Crippen molar-refractivity contribution in [1.29, 1.82) is 5.26 Å². The van der Waals surface area contributed by atoms with Crippen LogP contribution in [0.25, 0.3) is 0 Å². The Morgan fingerprint density at radius 2 is 1.84 bits per heavy atom. The van der Waals surface area contributed by atoms with Crippen molar-refractivity contribution in [3.05, 3.63) is 55.5 Å². The van der Waals surface area contributed by atoms with Crippen LogP contribution in [0.15, 0.2) is 23.4 Å². The van der Waals surface area contributed by atoms with Crippen LogP contribution in [0.1, 0.15) is 63.3 Å².